The van der Waals surface area contributed by atoms with Gasteiger partial charge in [-0.05, 0) is 36.4 Å². The fourth-order valence-electron chi connectivity index (χ4n) is 2.51. The van der Waals surface area contributed by atoms with Crippen molar-refractivity contribution in [2.24, 2.45) is 0 Å². The van der Waals surface area contributed by atoms with Crippen molar-refractivity contribution >= 4 is 40.4 Å². The summed E-state index contributed by atoms with van der Waals surface area (Å²) in [6.45, 7) is 0.273. The van der Waals surface area contributed by atoms with E-state index in [9.17, 15) is 22.4 Å². The number of hydrogen-bond acceptors (Lipinski definition) is 4. The third-order valence-corrected chi connectivity index (χ3v) is 5.18. The number of benzene rings is 1. The highest BCUT2D eigenvalue weighted by Gasteiger charge is 2.31. The first kappa shape index (κ1) is 20.4. The highest BCUT2D eigenvalue weighted by atomic mass is 35.5. The summed E-state index contributed by atoms with van der Waals surface area (Å²) >= 11 is 6.87. The van der Waals surface area contributed by atoms with Crippen LogP contribution in [0.15, 0.2) is 40.6 Å². The lowest BCUT2D eigenvalue weighted by molar-refractivity contribution is -0.138. The van der Waals surface area contributed by atoms with Crippen LogP contribution in [0.5, 0.6) is 0 Å². The van der Waals surface area contributed by atoms with Gasteiger partial charge in [-0.2, -0.15) is 13.2 Å². The number of aryl methyl sites for hydroxylation is 1. The molecule has 0 aliphatic rings. The summed E-state index contributed by atoms with van der Waals surface area (Å²) in [5.41, 5.74) is -0.0722. The third kappa shape index (κ3) is 4.56. The Balaban J connectivity index is 1.96. The molecule has 3 aromatic rings. The van der Waals surface area contributed by atoms with Crippen molar-refractivity contribution in [3.8, 4) is 0 Å². The van der Waals surface area contributed by atoms with Crippen molar-refractivity contribution in [2.75, 3.05) is 0 Å². The molecule has 0 aliphatic heterocycles. The standard InChI is InChI=1S/C17H12ClF4N3O2S/c18-11-6-9(17(20,21)22)8-23-15(11)28-16-24-12-7-10(19)3-4-13(12)25(16)5-1-2-14(26)27/h3-4,6-8H,1-2,5H2,(H,26,27). The van der Waals surface area contributed by atoms with E-state index >= 15 is 0 Å². The van der Waals surface area contributed by atoms with Gasteiger partial charge in [-0.15, -0.1) is 0 Å². The summed E-state index contributed by atoms with van der Waals surface area (Å²) in [6.07, 6.45) is -3.68. The Bertz CT molecular complexity index is 1040. The zero-order chi connectivity index (χ0) is 20.5. The van der Waals surface area contributed by atoms with E-state index in [-0.39, 0.29) is 23.0 Å². The number of carboxylic acids is 1. The van der Waals surface area contributed by atoms with E-state index < -0.39 is 23.5 Å². The summed E-state index contributed by atoms with van der Waals surface area (Å²) in [5, 5.41) is 9.05. The zero-order valence-corrected chi connectivity index (χ0v) is 15.6. The second-order valence-corrected chi connectivity index (χ2v) is 7.15. The number of rotatable bonds is 6. The summed E-state index contributed by atoms with van der Waals surface area (Å²) in [5.74, 6) is -1.46. The van der Waals surface area contributed by atoms with Crippen LogP contribution in [0.25, 0.3) is 11.0 Å². The lowest BCUT2D eigenvalue weighted by Gasteiger charge is -2.10. The number of halogens is 5. The van der Waals surface area contributed by atoms with Gasteiger partial charge in [0.2, 0.25) is 0 Å². The third-order valence-electron chi connectivity index (χ3n) is 3.77. The van der Waals surface area contributed by atoms with Gasteiger partial charge in [0, 0.05) is 25.2 Å². The van der Waals surface area contributed by atoms with Crippen LogP contribution < -0.4 is 0 Å². The molecule has 3 rings (SSSR count). The van der Waals surface area contributed by atoms with Crippen LogP contribution in [-0.2, 0) is 17.5 Å². The minimum absolute atomic E-state index is 0.0791. The first-order chi connectivity index (χ1) is 13.1. The van der Waals surface area contributed by atoms with Crippen molar-refractivity contribution in [1.29, 1.82) is 0 Å². The minimum atomic E-state index is -4.57. The number of carboxylic acid groups (broad SMARTS) is 1. The van der Waals surface area contributed by atoms with Gasteiger partial charge in [0.25, 0.3) is 0 Å². The maximum atomic E-state index is 13.5. The first-order valence-electron chi connectivity index (χ1n) is 7.93. The minimum Gasteiger partial charge on any atom is -0.481 e. The topological polar surface area (TPSA) is 68.0 Å². The van der Waals surface area contributed by atoms with Gasteiger partial charge >= 0.3 is 12.1 Å². The Morgan fingerprint density at radius 1 is 1.29 bits per heavy atom. The van der Waals surface area contributed by atoms with E-state index in [1.54, 1.807) is 4.57 Å². The normalized spacial score (nSPS) is 11.9. The molecule has 28 heavy (non-hydrogen) atoms. The Hall–Kier alpha value is -2.33. The number of pyridine rings is 1. The first-order valence-corrected chi connectivity index (χ1v) is 9.13. The Labute approximate surface area is 165 Å². The molecule has 1 aromatic carbocycles. The van der Waals surface area contributed by atoms with E-state index in [1.807, 2.05) is 0 Å². The molecule has 0 amide bonds. The van der Waals surface area contributed by atoms with Crippen LogP contribution >= 0.6 is 23.4 Å². The van der Waals surface area contributed by atoms with Crippen LogP contribution in [0.3, 0.4) is 0 Å². The lowest BCUT2D eigenvalue weighted by Crippen LogP contribution is -2.06. The average molecular weight is 434 g/mol. The molecular formula is C17H12ClF4N3O2S. The molecule has 0 spiro atoms. The maximum absolute atomic E-state index is 13.5. The fraction of sp³-hybridized carbons (Fsp3) is 0.235. The van der Waals surface area contributed by atoms with Crippen LogP contribution in [0.4, 0.5) is 17.6 Å². The predicted octanol–water partition coefficient (Wildman–Crippen LogP) is 5.26. The molecule has 0 saturated heterocycles. The highest BCUT2D eigenvalue weighted by molar-refractivity contribution is 7.99. The lowest BCUT2D eigenvalue weighted by atomic mass is 10.3. The van der Waals surface area contributed by atoms with Crippen molar-refractivity contribution in [1.82, 2.24) is 14.5 Å². The molecule has 11 heteroatoms. The number of nitrogens with zero attached hydrogens (tertiary/aromatic N) is 3. The van der Waals surface area contributed by atoms with Crippen LogP contribution in [0, 0.1) is 5.82 Å². The van der Waals surface area contributed by atoms with Crippen molar-refractivity contribution in [2.45, 2.75) is 35.7 Å². The largest absolute Gasteiger partial charge is 0.481 e. The van der Waals surface area contributed by atoms with Gasteiger partial charge in [0.1, 0.15) is 10.8 Å². The number of aliphatic carboxylic acids is 1. The number of fused-ring (bicyclic) bond motifs is 1. The van der Waals surface area contributed by atoms with E-state index in [0.29, 0.717) is 28.8 Å². The molecule has 0 unspecified atom stereocenters. The maximum Gasteiger partial charge on any atom is 0.417 e. The fourth-order valence-corrected chi connectivity index (χ4v) is 3.67. The molecule has 148 valence electrons. The zero-order valence-electron chi connectivity index (χ0n) is 14.0. The number of aromatic nitrogens is 3. The summed E-state index contributed by atoms with van der Waals surface area (Å²) in [4.78, 5) is 18.8. The second kappa shape index (κ2) is 7.96. The van der Waals surface area contributed by atoms with Crippen molar-refractivity contribution in [3.63, 3.8) is 0 Å². The Morgan fingerprint density at radius 3 is 2.68 bits per heavy atom. The molecule has 2 heterocycles. The molecule has 5 nitrogen and oxygen atoms in total. The smallest absolute Gasteiger partial charge is 0.417 e. The molecule has 0 fully saturated rings. The molecule has 0 atom stereocenters. The molecule has 0 saturated carbocycles. The molecular weight excluding hydrogens is 422 g/mol. The predicted molar refractivity (Wildman–Crippen MR) is 94.9 cm³/mol. The second-order valence-electron chi connectivity index (χ2n) is 5.79. The number of alkyl halides is 3. The van der Waals surface area contributed by atoms with Gasteiger partial charge in [-0.1, -0.05) is 11.6 Å². The van der Waals surface area contributed by atoms with Crippen LogP contribution in [0.1, 0.15) is 18.4 Å². The van der Waals surface area contributed by atoms with Crippen molar-refractivity contribution in [3.05, 3.63) is 46.9 Å². The number of hydrogen-bond donors (Lipinski definition) is 1. The van der Waals surface area contributed by atoms with Gasteiger partial charge < -0.3 is 9.67 Å². The van der Waals surface area contributed by atoms with Gasteiger partial charge in [0.05, 0.1) is 21.6 Å². The quantitative estimate of drug-likeness (QED) is 0.537. The summed E-state index contributed by atoms with van der Waals surface area (Å²) in [7, 11) is 0. The molecule has 1 N–H and O–H groups in total. The van der Waals surface area contributed by atoms with Gasteiger partial charge in [0.15, 0.2) is 5.16 Å². The van der Waals surface area contributed by atoms with E-state index in [2.05, 4.69) is 9.97 Å². The molecule has 0 aliphatic carbocycles. The SMILES string of the molecule is O=C(O)CCCn1c(Sc2ncc(C(F)(F)F)cc2Cl)nc2cc(F)ccc21. The average Bonchev–Trinajstić information content (AvgIpc) is 2.92. The van der Waals surface area contributed by atoms with E-state index in [1.165, 1.54) is 18.2 Å². The molecule has 0 radical (unpaired) electrons. The highest BCUT2D eigenvalue weighted by Crippen LogP contribution is 2.37. The Kier molecular flexibility index (Phi) is 5.80. The number of imidazole rings is 1. The Morgan fingerprint density at radius 2 is 2.04 bits per heavy atom. The monoisotopic (exact) mass is 433 g/mol. The summed E-state index contributed by atoms with van der Waals surface area (Å²) in [6, 6.07) is 4.74. The van der Waals surface area contributed by atoms with Gasteiger partial charge in [-0.25, -0.2) is 14.4 Å². The van der Waals surface area contributed by atoms with Crippen molar-refractivity contribution < 1.29 is 27.5 Å². The summed E-state index contributed by atoms with van der Waals surface area (Å²) < 4.78 is 53.5. The van der Waals surface area contributed by atoms with Crippen LogP contribution in [0.2, 0.25) is 5.02 Å². The number of carbonyl (C=O) groups is 1. The van der Waals surface area contributed by atoms with E-state index in [0.717, 1.165) is 17.8 Å². The van der Waals surface area contributed by atoms with Crippen LogP contribution in [-0.4, -0.2) is 25.6 Å². The van der Waals surface area contributed by atoms with E-state index in [4.69, 9.17) is 16.7 Å². The molecule has 0 bridgehead atoms. The van der Waals surface area contributed by atoms with Gasteiger partial charge in [-0.3, -0.25) is 4.79 Å². The molecule has 2 aromatic heterocycles.